The van der Waals surface area contributed by atoms with Crippen molar-refractivity contribution in [2.45, 2.75) is 13.5 Å². The Balaban J connectivity index is 1.27. The van der Waals surface area contributed by atoms with Crippen LogP contribution in [0.1, 0.15) is 22.3 Å². The van der Waals surface area contributed by atoms with Gasteiger partial charge in [0, 0.05) is 51.7 Å². The summed E-state index contributed by atoms with van der Waals surface area (Å²) in [5.74, 6) is 0.873. The monoisotopic (exact) mass is 547 g/mol. The maximum atomic E-state index is 13.3. The number of pyridine rings is 1. The molecular weight excluding hydrogens is 522 g/mol. The van der Waals surface area contributed by atoms with Crippen LogP contribution in [0.3, 0.4) is 0 Å². The predicted molar refractivity (Wildman–Crippen MR) is 145 cm³/mol. The molecule has 0 atom stereocenters. The lowest BCUT2D eigenvalue weighted by molar-refractivity contribution is 0.102. The van der Waals surface area contributed by atoms with Gasteiger partial charge >= 0.3 is 5.69 Å². The predicted octanol–water partition coefficient (Wildman–Crippen LogP) is 2.11. The fourth-order valence-electron chi connectivity index (χ4n) is 4.54. The molecule has 0 aliphatic carbocycles. The molecule has 0 unspecified atom stereocenters. The normalized spacial score (nSPS) is 13.6. The lowest BCUT2D eigenvalue weighted by Crippen LogP contribution is -2.43. The Morgan fingerprint density at radius 2 is 2.08 bits per heavy atom. The molecule has 14 heteroatoms. The number of carbonyl (C=O) groups is 1. The molecule has 5 heterocycles. The van der Waals surface area contributed by atoms with Crippen LogP contribution in [0.4, 0.5) is 11.4 Å². The van der Waals surface area contributed by atoms with Crippen LogP contribution in [0.2, 0.25) is 0 Å². The minimum Gasteiger partial charge on any atom is -0.482 e. The number of ether oxygens (including phenoxy) is 1. The van der Waals surface area contributed by atoms with E-state index in [0.717, 1.165) is 31.9 Å². The Morgan fingerprint density at radius 3 is 2.87 bits per heavy atom. The van der Waals surface area contributed by atoms with Crippen LogP contribution in [0.15, 0.2) is 51.3 Å². The van der Waals surface area contributed by atoms with Crippen molar-refractivity contribution in [3.63, 3.8) is 0 Å². The summed E-state index contributed by atoms with van der Waals surface area (Å²) in [6.07, 6.45) is 3.34. The third kappa shape index (κ3) is 4.75. The summed E-state index contributed by atoms with van der Waals surface area (Å²) in [5, 5.41) is 16.0. The second kappa shape index (κ2) is 10.3. The van der Waals surface area contributed by atoms with E-state index in [1.165, 1.54) is 20.5 Å². The molecule has 0 saturated carbocycles. The Hall–Kier alpha value is -4.56. The first-order valence-electron chi connectivity index (χ1n) is 12.3. The number of amides is 1. The van der Waals surface area contributed by atoms with E-state index in [-0.39, 0.29) is 23.9 Å². The molecule has 200 valence electrons. The van der Waals surface area contributed by atoms with E-state index in [0.29, 0.717) is 39.4 Å². The number of nitrogens with zero attached hydrogens (tertiary/aromatic N) is 7. The second-order valence-electron chi connectivity index (χ2n) is 8.90. The maximum absolute atomic E-state index is 13.3. The lowest BCUT2D eigenvalue weighted by atomic mass is 10.2. The summed E-state index contributed by atoms with van der Waals surface area (Å²) in [5.41, 5.74) is 2.58. The zero-order valence-electron chi connectivity index (χ0n) is 21.2. The highest BCUT2D eigenvalue weighted by Crippen LogP contribution is 2.29. The first-order valence-corrected chi connectivity index (χ1v) is 13.2. The standard InChI is InChI=1S/C25H25N9O4S/c1-15-30-31-21(38-15)13-37-20-5-3-4-19-22(20)32(2)25(36)34(19)24-29-17(14-39-24)23(35)28-16-12-27-7-6-18(16)33-10-8-26-9-11-33/h3-7,12,14,26H,8-11,13H2,1-2H3,(H,28,35). The van der Waals surface area contributed by atoms with Gasteiger partial charge in [0.25, 0.3) is 11.8 Å². The highest BCUT2D eigenvalue weighted by molar-refractivity contribution is 7.12. The largest absolute Gasteiger partial charge is 0.482 e. The number of thiazole rings is 1. The van der Waals surface area contributed by atoms with E-state index in [4.69, 9.17) is 9.15 Å². The number of piperazine rings is 1. The zero-order valence-corrected chi connectivity index (χ0v) is 22.1. The molecule has 13 nitrogen and oxygen atoms in total. The summed E-state index contributed by atoms with van der Waals surface area (Å²) in [4.78, 5) is 37.3. The molecule has 4 aromatic heterocycles. The fourth-order valence-corrected chi connectivity index (χ4v) is 5.35. The number of aromatic nitrogens is 6. The SMILES string of the molecule is Cc1nnc(COc2cccc3c2n(C)c(=O)n3-c2nc(C(=O)Nc3cnccc3N3CCNCC3)cs2)o1. The number of benzene rings is 1. The summed E-state index contributed by atoms with van der Waals surface area (Å²) >= 11 is 1.20. The van der Waals surface area contributed by atoms with Gasteiger partial charge in [0.2, 0.25) is 5.89 Å². The molecule has 1 amide bonds. The van der Waals surface area contributed by atoms with Crippen molar-refractivity contribution in [3.05, 3.63) is 70.0 Å². The van der Waals surface area contributed by atoms with Gasteiger partial charge < -0.3 is 24.7 Å². The average Bonchev–Trinajstić information content (AvgIpc) is 3.67. The summed E-state index contributed by atoms with van der Waals surface area (Å²) in [6, 6.07) is 7.24. The van der Waals surface area contributed by atoms with Crippen molar-refractivity contribution in [3.8, 4) is 10.9 Å². The number of para-hydroxylation sites is 1. The van der Waals surface area contributed by atoms with Gasteiger partial charge in [0.1, 0.15) is 17.0 Å². The number of hydrogen-bond acceptors (Lipinski definition) is 11. The van der Waals surface area contributed by atoms with Gasteiger partial charge in [-0.2, -0.15) is 0 Å². The molecule has 0 spiro atoms. The quantitative estimate of drug-likeness (QED) is 0.311. The Labute approximate surface area is 226 Å². The number of aryl methyl sites for hydroxylation is 2. The molecule has 1 fully saturated rings. The van der Waals surface area contributed by atoms with Gasteiger partial charge in [0.15, 0.2) is 11.7 Å². The van der Waals surface area contributed by atoms with Crippen LogP contribution in [0.5, 0.6) is 5.75 Å². The zero-order chi connectivity index (χ0) is 26.9. The third-order valence-corrected chi connectivity index (χ3v) is 7.20. The molecule has 0 bridgehead atoms. The fraction of sp³-hybridized carbons (Fsp3) is 0.280. The molecule has 1 aliphatic heterocycles. The van der Waals surface area contributed by atoms with Gasteiger partial charge in [-0.05, 0) is 18.2 Å². The van der Waals surface area contributed by atoms with E-state index in [1.807, 2.05) is 6.07 Å². The highest BCUT2D eigenvalue weighted by Gasteiger charge is 2.22. The van der Waals surface area contributed by atoms with Crippen LogP contribution in [0, 0.1) is 6.92 Å². The van der Waals surface area contributed by atoms with Crippen molar-refractivity contribution in [2.75, 3.05) is 36.4 Å². The number of hydrogen-bond donors (Lipinski definition) is 2. The Kier molecular flexibility index (Phi) is 6.54. The minimum atomic E-state index is -0.381. The van der Waals surface area contributed by atoms with Gasteiger partial charge in [-0.15, -0.1) is 21.5 Å². The minimum absolute atomic E-state index is 0.0607. The first kappa shape index (κ1) is 24.8. The van der Waals surface area contributed by atoms with Crippen LogP contribution in [-0.2, 0) is 13.7 Å². The molecule has 1 aliphatic rings. The average molecular weight is 548 g/mol. The van der Waals surface area contributed by atoms with Gasteiger partial charge in [-0.1, -0.05) is 6.07 Å². The van der Waals surface area contributed by atoms with Crippen molar-refractivity contribution in [2.24, 2.45) is 7.05 Å². The van der Waals surface area contributed by atoms with E-state index >= 15 is 0 Å². The Morgan fingerprint density at radius 1 is 1.23 bits per heavy atom. The molecule has 1 saturated heterocycles. The third-order valence-electron chi connectivity index (χ3n) is 6.37. The van der Waals surface area contributed by atoms with Gasteiger partial charge in [-0.3, -0.25) is 14.3 Å². The molecule has 6 rings (SSSR count). The number of nitrogens with one attached hydrogen (secondary N) is 2. The number of rotatable bonds is 7. The smallest absolute Gasteiger partial charge is 0.335 e. The van der Waals surface area contributed by atoms with E-state index in [1.54, 1.807) is 49.9 Å². The Bertz CT molecular complexity index is 1710. The van der Waals surface area contributed by atoms with Crippen molar-refractivity contribution >= 4 is 39.7 Å². The summed E-state index contributed by atoms with van der Waals surface area (Å²) < 4.78 is 14.2. The van der Waals surface area contributed by atoms with Crippen molar-refractivity contribution in [1.82, 2.24) is 34.6 Å². The molecule has 39 heavy (non-hydrogen) atoms. The maximum Gasteiger partial charge on any atom is 0.335 e. The van der Waals surface area contributed by atoms with Crippen molar-refractivity contribution in [1.29, 1.82) is 0 Å². The summed E-state index contributed by atoms with van der Waals surface area (Å²) in [6.45, 7) is 5.16. The van der Waals surface area contributed by atoms with E-state index in [9.17, 15) is 9.59 Å². The van der Waals surface area contributed by atoms with Gasteiger partial charge in [-0.25, -0.2) is 14.3 Å². The molecule has 0 radical (unpaired) electrons. The number of imidazole rings is 1. The molecule has 1 aromatic carbocycles. The summed E-state index contributed by atoms with van der Waals surface area (Å²) in [7, 11) is 1.66. The van der Waals surface area contributed by atoms with E-state index in [2.05, 4.69) is 35.7 Å². The molecule has 2 N–H and O–H groups in total. The lowest BCUT2D eigenvalue weighted by Gasteiger charge is -2.30. The first-order chi connectivity index (χ1) is 19.0. The van der Waals surface area contributed by atoms with Gasteiger partial charge in [0.05, 0.1) is 23.1 Å². The van der Waals surface area contributed by atoms with Crippen LogP contribution < -0.4 is 26.0 Å². The van der Waals surface area contributed by atoms with Crippen LogP contribution in [0.25, 0.3) is 16.2 Å². The number of anilines is 2. The molecule has 5 aromatic rings. The second-order valence-corrected chi connectivity index (χ2v) is 9.74. The molecular formula is C25H25N9O4S. The van der Waals surface area contributed by atoms with Crippen LogP contribution in [-0.4, -0.2) is 61.4 Å². The number of carbonyl (C=O) groups excluding carboxylic acids is 1. The highest BCUT2D eigenvalue weighted by atomic mass is 32.1. The topological polar surface area (TPSA) is 145 Å². The van der Waals surface area contributed by atoms with E-state index < -0.39 is 0 Å². The van der Waals surface area contributed by atoms with Crippen molar-refractivity contribution < 1.29 is 13.9 Å². The number of fused-ring (bicyclic) bond motifs is 1. The van der Waals surface area contributed by atoms with Crippen LogP contribution >= 0.6 is 11.3 Å².